The van der Waals surface area contributed by atoms with Crippen LogP contribution in [0, 0.1) is 41.4 Å². The molecule has 5 atom stereocenters. The molecule has 0 aliphatic heterocycles. The van der Waals surface area contributed by atoms with Gasteiger partial charge in [-0.05, 0) is 61.2 Å². The molecule has 0 N–H and O–H groups in total. The molecule has 150 valence electrons. The third kappa shape index (κ3) is 10.5. The zero-order valence-corrected chi connectivity index (χ0v) is 19.4. The maximum Gasteiger partial charge on any atom is -0.0234 e. The second kappa shape index (κ2) is 13.0. The van der Waals surface area contributed by atoms with Crippen molar-refractivity contribution in [2.75, 3.05) is 0 Å². The maximum absolute atomic E-state index is 2.52. The summed E-state index contributed by atoms with van der Waals surface area (Å²) in [4.78, 5) is 0. The maximum atomic E-state index is 2.52. The molecule has 0 aromatic carbocycles. The summed E-state index contributed by atoms with van der Waals surface area (Å²) in [5.41, 5.74) is 1.55. The van der Waals surface area contributed by atoms with Crippen molar-refractivity contribution >= 4 is 0 Å². The highest BCUT2D eigenvalue weighted by Crippen LogP contribution is 2.33. The average Bonchev–Trinajstić information content (AvgIpc) is 2.52. The van der Waals surface area contributed by atoms with Gasteiger partial charge in [0.2, 0.25) is 0 Å². The first-order valence-corrected chi connectivity index (χ1v) is 11.3. The van der Waals surface area contributed by atoms with Crippen LogP contribution in [-0.4, -0.2) is 0 Å². The molecule has 0 aliphatic carbocycles. The Kier molecular flexibility index (Phi) is 12.9. The van der Waals surface area contributed by atoms with Crippen molar-refractivity contribution < 1.29 is 0 Å². The molecule has 0 heteroatoms. The van der Waals surface area contributed by atoms with Gasteiger partial charge in [0.25, 0.3) is 0 Å². The van der Waals surface area contributed by atoms with Gasteiger partial charge >= 0.3 is 0 Å². The Hall–Kier alpha value is -0.260. The molecule has 0 rings (SSSR count). The van der Waals surface area contributed by atoms with E-state index in [4.69, 9.17) is 0 Å². The highest BCUT2D eigenvalue weighted by atomic mass is 14.3. The zero-order chi connectivity index (χ0) is 19.6. The highest BCUT2D eigenvalue weighted by Gasteiger charge is 2.22. The van der Waals surface area contributed by atoms with Gasteiger partial charge in [0.1, 0.15) is 0 Å². The fraction of sp³-hybridized carbons (Fsp3) is 0.920. The highest BCUT2D eigenvalue weighted by molar-refractivity contribution is 5.03. The number of rotatable bonds is 13. The number of hydrogen-bond acceptors (Lipinski definition) is 0. The Labute approximate surface area is 161 Å². The summed E-state index contributed by atoms with van der Waals surface area (Å²) in [6.07, 6.45) is 10.9. The minimum atomic E-state index is 0.684. The van der Waals surface area contributed by atoms with Crippen LogP contribution < -0.4 is 0 Å². The van der Waals surface area contributed by atoms with Gasteiger partial charge in [-0.1, -0.05) is 99.6 Å². The topological polar surface area (TPSA) is 0 Å². The normalized spacial score (nSPS) is 19.1. The predicted octanol–water partition coefficient (Wildman–Crippen LogP) is 8.77. The Balaban J connectivity index is 4.50. The van der Waals surface area contributed by atoms with Crippen LogP contribution in [0.1, 0.15) is 108 Å². The third-order valence-electron chi connectivity index (χ3n) is 6.77. The quantitative estimate of drug-likeness (QED) is 0.291. The Morgan fingerprint density at radius 1 is 0.720 bits per heavy atom. The summed E-state index contributed by atoms with van der Waals surface area (Å²) in [5, 5.41) is 0. The first kappa shape index (κ1) is 24.7. The van der Waals surface area contributed by atoms with E-state index in [0.29, 0.717) is 11.8 Å². The molecule has 0 heterocycles. The summed E-state index contributed by atoms with van der Waals surface area (Å²) in [5.74, 6) is 5.67. The van der Waals surface area contributed by atoms with Gasteiger partial charge in [-0.2, -0.15) is 0 Å². The lowest BCUT2D eigenvalue weighted by molar-refractivity contribution is 0.210. The Bertz CT molecular complexity index is 349. The van der Waals surface area contributed by atoms with Crippen LogP contribution >= 0.6 is 0 Å². The standard InChI is InChI=1S/C25H50/c1-11-12-20(6)13-16-25(19(4)5)22(8)15-14-21(7)24(10)17-23(9)18(2)3/h17-22,24-25H,11-16H2,1-10H3. The molecule has 0 amide bonds. The van der Waals surface area contributed by atoms with Gasteiger partial charge in [0.05, 0.1) is 0 Å². The fourth-order valence-electron chi connectivity index (χ4n) is 4.16. The van der Waals surface area contributed by atoms with Crippen LogP contribution in [0.25, 0.3) is 0 Å². The van der Waals surface area contributed by atoms with E-state index >= 15 is 0 Å². The molecular formula is C25H50. The molecular weight excluding hydrogens is 300 g/mol. The van der Waals surface area contributed by atoms with E-state index in [1.54, 1.807) is 5.57 Å². The third-order valence-corrected chi connectivity index (χ3v) is 6.77. The van der Waals surface area contributed by atoms with E-state index in [1.165, 1.54) is 38.5 Å². The molecule has 0 nitrogen and oxygen atoms in total. The van der Waals surface area contributed by atoms with Gasteiger partial charge in [0.15, 0.2) is 0 Å². The van der Waals surface area contributed by atoms with E-state index in [-0.39, 0.29) is 0 Å². The van der Waals surface area contributed by atoms with Crippen molar-refractivity contribution in [3.8, 4) is 0 Å². The number of hydrogen-bond donors (Lipinski definition) is 0. The SMILES string of the molecule is CCCC(C)CCC(C(C)C)C(C)CCC(C)C(C)C=C(C)C(C)C. The van der Waals surface area contributed by atoms with Crippen LogP contribution in [0.2, 0.25) is 0 Å². The monoisotopic (exact) mass is 350 g/mol. The van der Waals surface area contributed by atoms with E-state index in [9.17, 15) is 0 Å². The molecule has 0 aliphatic rings. The molecule has 0 saturated heterocycles. The first-order chi connectivity index (χ1) is 11.6. The van der Waals surface area contributed by atoms with Crippen molar-refractivity contribution in [1.82, 2.24) is 0 Å². The summed E-state index contributed by atoms with van der Waals surface area (Å²) in [6, 6.07) is 0. The minimum Gasteiger partial charge on any atom is -0.0822 e. The van der Waals surface area contributed by atoms with Crippen molar-refractivity contribution in [1.29, 1.82) is 0 Å². The van der Waals surface area contributed by atoms with Crippen molar-refractivity contribution in [2.45, 2.75) is 108 Å². The van der Waals surface area contributed by atoms with E-state index in [1.807, 2.05) is 0 Å². The van der Waals surface area contributed by atoms with Gasteiger partial charge in [-0.3, -0.25) is 0 Å². The molecule has 5 unspecified atom stereocenters. The summed E-state index contributed by atoms with van der Waals surface area (Å²) in [6.45, 7) is 23.9. The van der Waals surface area contributed by atoms with Crippen LogP contribution in [-0.2, 0) is 0 Å². The average molecular weight is 351 g/mol. The van der Waals surface area contributed by atoms with Crippen LogP contribution in [0.4, 0.5) is 0 Å². The molecule has 0 saturated carbocycles. The molecule has 0 bridgehead atoms. The fourth-order valence-corrected chi connectivity index (χ4v) is 4.16. The van der Waals surface area contributed by atoms with E-state index < -0.39 is 0 Å². The van der Waals surface area contributed by atoms with E-state index in [2.05, 4.69) is 75.3 Å². The number of allylic oxidation sites excluding steroid dienone is 2. The molecule has 0 aromatic heterocycles. The first-order valence-electron chi connectivity index (χ1n) is 11.3. The van der Waals surface area contributed by atoms with Crippen molar-refractivity contribution in [2.24, 2.45) is 41.4 Å². The molecule has 25 heavy (non-hydrogen) atoms. The predicted molar refractivity (Wildman–Crippen MR) is 117 cm³/mol. The largest absolute Gasteiger partial charge is 0.0822 e. The lowest BCUT2D eigenvalue weighted by Gasteiger charge is -2.30. The van der Waals surface area contributed by atoms with Crippen molar-refractivity contribution in [3.05, 3.63) is 11.6 Å². The summed E-state index contributed by atoms with van der Waals surface area (Å²) in [7, 11) is 0. The Morgan fingerprint density at radius 3 is 1.76 bits per heavy atom. The van der Waals surface area contributed by atoms with Crippen molar-refractivity contribution in [3.63, 3.8) is 0 Å². The van der Waals surface area contributed by atoms with Gasteiger partial charge in [0, 0.05) is 0 Å². The lowest BCUT2D eigenvalue weighted by atomic mass is 9.76. The van der Waals surface area contributed by atoms with Gasteiger partial charge in [-0.15, -0.1) is 0 Å². The molecule has 0 aromatic rings. The second-order valence-corrected chi connectivity index (χ2v) is 9.84. The molecule has 0 radical (unpaired) electrons. The van der Waals surface area contributed by atoms with Crippen LogP contribution in [0.15, 0.2) is 11.6 Å². The molecule has 0 spiro atoms. The zero-order valence-electron chi connectivity index (χ0n) is 19.4. The van der Waals surface area contributed by atoms with Crippen LogP contribution in [0.3, 0.4) is 0 Å². The summed E-state index contributed by atoms with van der Waals surface area (Å²) >= 11 is 0. The summed E-state index contributed by atoms with van der Waals surface area (Å²) < 4.78 is 0. The second-order valence-electron chi connectivity index (χ2n) is 9.84. The Morgan fingerprint density at radius 2 is 1.28 bits per heavy atom. The smallest absolute Gasteiger partial charge is 0.0234 e. The van der Waals surface area contributed by atoms with E-state index in [0.717, 1.165) is 29.6 Å². The minimum absolute atomic E-state index is 0.684. The molecule has 0 fully saturated rings. The van der Waals surface area contributed by atoms with Gasteiger partial charge in [-0.25, -0.2) is 0 Å². The van der Waals surface area contributed by atoms with Gasteiger partial charge < -0.3 is 0 Å². The van der Waals surface area contributed by atoms with Crippen LogP contribution in [0.5, 0.6) is 0 Å². The lowest BCUT2D eigenvalue weighted by Crippen LogP contribution is -2.20.